The molecule has 17 heavy (non-hydrogen) atoms. The van der Waals surface area contributed by atoms with Crippen LogP contribution in [0.3, 0.4) is 0 Å². The van der Waals surface area contributed by atoms with E-state index in [9.17, 15) is 4.79 Å². The molecule has 2 N–H and O–H groups in total. The SMILES string of the molecule is CCCC(=O)N(CCCN)c1ccccc1C. The van der Waals surface area contributed by atoms with E-state index in [0.717, 1.165) is 24.1 Å². The number of nitrogens with zero attached hydrogens (tertiary/aromatic N) is 1. The van der Waals surface area contributed by atoms with E-state index in [1.165, 1.54) is 0 Å². The molecule has 0 saturated carbocycles. The van der Waals surface area contributed by atoms with Gasteiger partial charge in [0.25, 0.3) is 0 Å². The van der Waals surface area contributed by atoms with Gasteiger partial charge in [-0.3, -0.25) is 4.79 Å². The summed E-state index contributed by atoms with van der Waals surface area (Å²) in [4.78, 5) is 14.0. The minimum Gasteiger partial charge on any atom is -0.330 e. The van der Waals surface area contributed by atoms with Crippen molar-refractivity contribution in [3.8, 4) is 0 Å². The van der Waals surface area contributed by atoms with Crippen LogP contribution in [0.25, 0.3) is 0 Å². The van der Waals surface area contributed by atoms with Crippen molar-refractivity contribution in [3.63, 3.8) is 0 Å². The molecular weight excluding hydrogens is 212 g/mol. The fourth-order valence-electron chi connectivity index (χ4n) is 1.84. The summed E-state index contributed by atoms with van der Waals surface area (Å²) in [7, 11) is 0. The quantitative estimate of drug-likeness (QED) is 0.822. The number of benzene rings is 1. The number of hydrogen-bond donors (Lipinski definition) is 1. The van der Waals surface area contributed by atoms with Gasteiger partial charge in [0.15, 0.2) is 0 Å². The van der Waals surface area contributed by atoms with Crippen molar-refractivity contribution >= 4 is 11.6 Å². The van der Waals surface area contributed by atoms with Crippen molar-refractivity contribution in [1.82, 2.24) is 0 Å². The zero-order valence-corrected chi connectivity index (χ0v) is 10.8. The van der Waals surface area contributed by atoms with Crippen LogP contribution in [0.2, 0.25) is 0 Å². The maximum atomic E-state index is 12.1. The highest BCUT2D eigenvalue weighted by molar-refractivity contribution is 5.94. The Morgan fingerprint density at radius 2 is 2.06 bits per heavy atom. The third-order valence-electron chi connectivity index (χ3n) is 2.76. The third-order valence-corrected chi connectivity index (χ3v) is 2.76. The minimum atomic E-state index is 0.190. The van der Waals surface area contributed by atoms with Crippen LogP contribution in [0.1, 0.15) is 31.7 Å². The van der Waals surface area contributed by atoms with Gasteiger partial charge in [0.1, 0.15) is 0 Å². The molecule has 0 atom stereocenters. The standard InChI is InChI=1S/C14H22N2O/c1-3-7-14(17)16(11-6-10-15)13-9-5-4-8-12(13)2/h4-5,8-9H,3,6-7,10-11,15H2,1-2H3. The lowest BCUT2D eigenvalue weighted by Crippen LogP contribution is -2.33. The topological polar surface area (TPSA) is 46.3 Å². The maximum absolute atomic E-state index is 12.1. The number of para-hydroxylation sites is 1. The summed E-state index contributed by atoms with van der Waals surface area (Å²) in [5.41, 5.74) is 7.68. The summed E-state index contributed by atoms with van der Waals surface area (Å²) in [5, 5.41) is 0. The first-order valence-electron chi connectivity index (χ1n) is 6.26. The van der Waals surface area contributed by atoms with Crippen molar-refractivity contribution in [1.29, 1.82) is 0 Å². The second-order valence-electron chi connectivity index (χ2n) is 4.22. The zero-order valence-electron chi connectivity index (χ0n) is 10.8. The van der Waals surface area contributed by atoms with Crippen molar-refractivity contribution in [2.75, 3.05) is 18.0 Å². The first kappa shape index (κ1) is 13.7. The predicted octanol–water partition coefficient (Wildman–Crippen LogP) is 2.48. The normalized spacial score (nSPS) is 10.3. The molecule has 0 heterocycles. The smallest absolute Gasteiger partial charge is 0.226 e. The number of carbonyl (C=O) groups is 1. The number of rotatable bonds is 6. The summed E-state index contributed by atoms with van der Waals surface area (Å²) in [5.74, 6) is 0.190. The molecule has 0 bridgehead atoms. The van der Waals surface area contributed by atoms with Gasteiger partial charge in [0.05, 0.1) is 0 Å². The van der Waals surface area contributed by atoms with Crippen molar-refractivity contribution in [2.24, 2.45) is 5.73 Å². The van der Waals surface area contributed by atoms with Gasteiger partial charge in [0, 0.05) is 18.7 Å². The molecule has 0 aliphatic rings. The first-order valence-corrected chi connectivity index (χ1v) is 6.26. The fourth-order valence-corrected chi connectivity index (χ4v) is 1.84. The summed E-state index contributed by atoms with van der Waals surface area (Å²) in [6.07, 6.45) is 2.31. The van der Waals surface area contributed by atoms with Crippen LogP contribution in [-0.2, 0) is 4.79 Å². The molecule has 1 amide bonds. The molecule has 0 aromatic heterocycles. The Morgan fingerprint density at radius 1 is 1.35 bits per heavy atom. The van der Waals surface area contributed by atoms with Gasteiger partial charge in [-0.05, 0) is 37.9 Å². The van der Waals surface area contributed by atoms with E-state index in [1.807, 2.05) is 43.0 Å². The first-order chi connectivity index (χ1) is 8.20. The Hall–Kier alpha value is -1.35. The van der Waals surface area contributed by atoms with Gasteiger partial charge in [0.2, 0.25) is 5.91 Å². The van der Waals surface area contributed by atoms with E-state index in [4.69, 9.17) is 5.73 Å². The van der Waals surface area contributed by atoms with Crippen LogP contribution in [0, 0.1) is 6.92 Å². The summed E-state index contributed by atoms with van der Waals surface area (Å²) in [6, 6.07) is 7.99. The van der Waals surface area contributed by atoms with Gasteiger partial charge < -0.3 is 10.6 Å². The summed E-state index contributed by atoms with van der Waals surface area (Å²) >= 11 is 0. The monoisotopic (exact) mass is 234 g/mol. The van der Waals surface area contributed by atoms with Crippen LogP contribution in [0.15, 0.2) is 24.3 Å². The molecule has 0 aliphatic heterocycles. The maximum Gasteiger partial charge on any atom is 0.226 e. The highest BCUT2D eigenvalue weighted by Crippen LogP contribution is 2.20. The summed E-state index contributed by atoms with van der Waals surface area (Å²) < 4.78 is 0. The van der Waals surface area contributed by atoms with Crippen LogP contribution in [0.4, 0.5) is 5.69 Å². The van der Waals surface area contributed by atoms with Crippen molar-refractivity contribution < 1.29 is 4.79 Å². The van der Waals surface area contributed by atoms with Crippen LogP contribution >= 0.6 is 0 Å². The lowest BCUT2D eigenvalue weighted by Gasteiger charge is -2.24. The van der Waals surface area contributed by atoms with Crippen LogP contribution in [0.5, 0.6) is 0 Å². The predicted molar refractivity (Wildman–Crippen MR) is 72.1 cm³/mol. The van der Waals surface area contributed by atoms with Gasteiger partial charge in [-0.15, -0.1) is 0 Å². The highest BCUT2D eigenvalue weighted by Gasteiger charge is 2.15. The van der Waals surface area contributed by atoms with Crippen LogP contribution < -0.4 is 10.6 Å². The molecule has 3 nitrogen and oxygen atoms in total. The molecular formula is C14H22N2O. The average Bonchev–Trinajstić information content (AvgIpc) is 2.32. The second-order valence-corrected chi connectivity index (χ2v) is 4.22. The Morgan fingerprint density at radius 3 is 2.65 bits per heavy atom. The van der Waals surface area contributed by atoms with Crippen molar-refractivity contribution in [3.05, 3.63) is 29.8 Å². The molecule has 0 spiro atoms. The number of hydrogen-bond acceptors (Lipinski definition) is 2. The molecule has 0 unspecified atom stereocenters. The zero-order chi connectivity index (χ0) is 12.7. The van der Waals surface area contributed by atoms with Crippen LogP contribution in [-0.4, -0.2) is 19.0 Å². The van der Waals surface area contributed by atoms with Gasteiger partial charge in [-0.1, -0.05) is 25.1 Å². The number of carbonyl (C=O) groups excluding carboxylic acids is 1. The Labute approximate surface area is 104 Å². The Balaban J connectivity index is 2.89. The molecule has 3 heteroatoms. The van der Waals surface area contributed by atoms with E-state index in [0.29, 0.717) is 19.5 Å². The van der Waals surface area contributed by atoms with Crippen molar-refractivity contribution in [2.45, 2.75) is 33.1 Å². The molecule has 94 valence electrons. The third kappa shape index (κ3) is 3.86. The molecule has 1 aromatic carbocycles. The van der Waals surface area contributed by atoms with E-state index >= 15 is 0 Å². The van der Waals surface area contributed by atoms with E-state index in [1.54, 1.807) is 0 Å². The number of nitrogens with two attached hydrogens (primary N) is 1. The van der Waals surface area contributed by atoms with Gasteiger partial charge >= 0.3 is 0 Å². The molecule has 1 aromatic rings. The Bertz CT molecular complexity index is 363. The molecule has 0 aliphatic carbocycles. The number of anilines is 1. The minimum absolute atomic E-state index is 0.190. The highest BCUT2D eigenvalue weighted by atomic mass is 16.2. The Kier molecular flexibility index (Phi) is 5.70. The molecule has 0 radical (unpaired) electrons. The molecule has 0 fully saturated rings. The van der Waals surface area contributed by atoms with E-state index < -0.39 is 0 Å². The average molecular weight is 234 g/mol. The fraction of sp³-hybridized carbons (Fsp3) is 0.500. The molecule has 1 rings (SSSR count). The van der Waals surface area contributed by atoms with E-state index in [-0.39, 0.29) is 5.91 Å². The van der Waals surface area contributed by atoms with E-state index in [2.05, 4.69) is 0 Å². The second kappa shape index (κ2) is 7.07. The number of aryl methyl sites for hydroxylation is 1. The lowest BCUT2D eigenvalue weighted by molar-refractivity contribution is -0.118. The largest absolute Gasteiger partial charge is 0.330 e. The number of amides is 1. The lowest BCUT2D eigenvalue weighted by atomic mass is 10.1. The summed E-state index contributed by atoms with van der Waals surface area (Å²) in [6.45, 7) is 5.38. The molecule has 0 saturated heterocycles. The van der Waals surface area contributed by atoms with Gasteiger partial charge in [-0.2, -0.15) is 0 Å². The van der Waals surface area contributed by atoms with Gasteiger partial charge in [-0.25, -0.2) is 0 Å².